The molecule has 1 aliphatic rings. The summed E-state index contributed by atoms with van der Waals surface area (Å²) in [6.45, 7) is 1.26. The van der Waals surface area contributed by atoms with Crippen molar-refractivity contribution in [2.24, 2.45) is 0 Å². The first-order valence-electron chi connectivity index (χ1n) is 7.67. The number of sulfonamides is 1. The molecule has 1 saturated heterocycles. The van der Waals surface area contributed by atoms with Crippen LogP contribution in [0.2, 0.25) is 0 Å². The number of hydrogen-bond acceptors (Lipinski definition) is 6. The van der Waals surface area contributed by atoms with E-state index in [1.165, 1.54) is 4.31 Å². The van der Waals surface area contributed by atoms with Crippen molar-refractivity contribution in [2.75, 3.05) is 32.1 Å². The van der Waals surface area contributed by atoms with Crippen LogP contribution in [0.3, 0.4) is 0 Å². The van der Waals surface area contributed by atoms with Crippen LogP contribution in [-0.2, 0) is 10.0 Å². The summed E-state index contributed by atoms with van der Waals surface area (Å²) in [4.78, 5) is 10.8. The first kappa shape index (κ1) is 16.7. The molecule has 24 heavy (non-hydrogen) atoms. The van der Waals surface area contributed by atoms with Crippen LogP contribution in [0.15, 0.2) is 47.6 Å². The van der Waals surface area contributed by atoms with E-state index >= 15 is 0 Å². The van der Waals surface area contributed by atoms with Gasteiger partial charge in [-0.05, 0) is 18.6 Å². The van der Waals surface area contributed by atoms with Crippen LogP contribution < -0.4 is 9.64 Å². The van der Waals surface area contributed by atoms with Crippen molar-refractivity contribution in [3.8, 4) is 5.88 Å². The average molecular weight is 348 g/mol. The van der Waals surface area contributed by atoms with E-state index in [0.717, 1.165) is 6.42 Å². The molecule has 0 bridgehead atoms. The zero-order valence-electron chi connectivity index (χ0n) is 13.7. The lowest BCUT2D eigenvalue weighted by atomic mass is 10.3. The number of aromatic nitrogens is 2. The maximum atomic E-state index is 12.7. The van der Waals surface area contributed by atoms with Gasteiger partial charge in [0.15, 0.2) is 5.82 Å². The monoisotopic (exact) mass is 348 g/mol. The number of benzene rings is 1. The molecule has 128 valence electrons. The third kappa shape index (κ3) is 3.07. The van der Waals surface area contributed by atoms with Gasteiger partial charge in [-0.3, -0.25) is 0 Å². The summed E-state index contributed by atoms with van der Waals surface area (Å²) >= 11 is 0. The summed E-state index contributed by atoms with van der Waals surface area (Å²) in [6.07, 6.45) is 3.90. The molecule has 0 saturated carbocycles. The third-order valence-electron chi connectivity index (χ3n) is 4.24. The van der Waals surface area contributed by atoms with E-state index in [-0.39, 0.29) is 6.04 Å². The Hall–Kier alpha value is -2.19. The summed E-state index contributed by atoms with van der Waals surface area (Å²) in [6, 6.07) is 8.37. The number of nitrogens with zero attached hydrogens (tertiary/aromatic N) is 4. The van der Waals surface area contributed by atoms with Crippen molar-refractivity contribution < 1.29 is 13.2 Å². The molecule has 0 amide bonds. The number of methoxy groups -OCH3 is 1. The number of rotatable bonds is 5. The molecule has 7 nitrogen and oxygen atoms in total. The molecule has 0 radical (unpaired) electrons. The first-order valence-corrected chi connectivity index (χ1v) is 9.11. The largest absolute Gasteiger partial charge is 0.478 e. The molecule has 0 spiro atoms. The van der Waals surface area contributed by atoms with E-state index in [1.807, 2.05) is 4.90 Å². The highest BCUT2D eigenvalue weighted by molar-refractivity contribution is 7.89. The molecule has 3 rings (SSSR count). The fourth-order valence-corrected chi connectivity index (χ4v) is 4.26. The van der Waals surface area contributed by atoms with Crippen molar-refractivity contribution in [1.82, 2.24) is 14.3 Å². The fourth-order valence-electron chi connectivity index (χ4n) is 2.86. The molecule has 8 heteroatoms. The van der Waals surface area contributed by atoms with Gasteiger partial charge in [0, 0.05) is 38.6 Å². The number of ether oxygens (including phenoxy) is 1. The van der Waals surface area contributed by atoms with Crippen LogP contribution in [0.1, 0.15) is 6.42 Å². The summed E-state index contributed by atoms with van der Waals surface area (Å²) < 4.78 is 32.2. The normalized spacial score (nSPS) is 18.1. The first-order chi connectivity index (χ1) is 11.5. The summed E-state index contributed by atoms with van der Waals surface area (Å²) in [5, 5.41) is 0. The molecule has 1 fully saturated rings. The van der Waals surface area contributed by atoms with E-state index in [9.17, 15) is 8.42 Å². The van der Waals surface area contributed by atoms with Crippen LogP contribution in [0.4, 0.5) is 5.82 Å². The number of hydrogen-bond donors (Lipinski definition) is 0. The van der Waals surface area contributed by atoms with E-state index in [2.05, 4.69) is 9.97 Å². The molecule has 1 aliphatic heterocycles. The Balaban J connectivity index is 1.78. The maximum Gasteiger partial charge on any atom is 0.257 e. The van der Waals surface area contributed by atoms with E-state index in [1.54, 1.807) is 56.9 Å². The smallest absolute Gasteiger partial charge is 0.257 e. The minimum Gasteiger partial charge on any atom is -0.478 e. The van der Waals surface area contributed by atoms with Gasteiger partial charge in [-0.1, -0.05) is 18.2 Å². The van der Waals surface area contributed by atoms with Crippen molar-refractivity contribution in [1.29, 1.82) is 0 Å². The van der Waals surface area contributed by atoms with Crippen LogP contribution in [0, 0.1) is 0 Å². The molecule has 1 atom stereocenters. The van der Waals surface area contributed by atoms with Gasteiger partial charge in [0.25, 0.3) is 5.88 Å². The second-order valence-electron chi connectivity index (χ2n) is 5.61. The molecule has 0 aliphatic carbocycles. The Morgan fingerprint density at radius 2 is 1.92 bits per heavy atom. The van der Waals surface area contributed by atoms with Gasteiger partial charge in [0.2, 0.25) is 10.0 Å². The SMILES string of the molecule is COc1nccnc1N1CCC(N(C)S(=O)(=O)c2ccccc2)C1. The fraction of sp³-hybridized carbons (Fsp3) is 0.375. The van der Waals surface area contributed by atoms with Gasteiger partial charge in [0.1, 0.15) is 0 Å². The minimum atomic E-state index is -3.50. The standard InChI is InChI=1S/C16H20N4O3S/c1-19(24(21,22)14-6-4-3-5-7-14)13-8-11-20(12-13)15-16(23-2)18-10-9-17-15/h3-7,9-10,13H,8,11-12H2,1-2H3. The van der Waals surface area contributed by atoms with Crippen molar-refractivity contribution in [3.63, 3.8) is 0 Å². The molecule has 2 heterocycles. The van der Waals surface area contributed by atoms with E-state index in [0.29, 0.717) is 29.7 Å². The lowest BCUT2D eigenvalue weighted by molar-refractivity contribution is 0.387. The second-order valence-corrected chi connectivity index (χ2v) is 7.61. The average Bonchev–Trinajstić information content (AvgIpc) is 3.11. The lowest BCUT2D eigenvalue weighted by Crippen LogP contribution is -2.39. The highest BCUT2D eigenvalue weighted by atomic mass is 32.2. The highest BCUT2D eigenvalue weighted by Crippen LogP contribution is 2.29. The molecule has 1 aromatic carbocycles. The molecular weight excluding hydrogens is 328 g/mol. The Labute approximate surface area is 142 Å². The number of anilines is 1. The molecule has 1 aromatic heterocycles. The Morgan fingerprint density at radius 3 is 2.62 bits per heavy atom. The van der Waals surface area contributed by atoms with Crippen LogP contribution in [-0.4, -0.2) is 56.0 Å². The summed E-state index contributed by atoms with van der Waals surface area (Å²) in [7, 11) is -0.326. The predicted octanol–water partition coefficient (Wildman–Crippen LogP) is 1.38. The lowest BCUT2D eigenvalue weighted by Gasteiger charge is -2.24. The van der Waals surface area contributed by atoms with Crippen LogP contribution in [0.5, 0.6) is 5.88 Å². The van der Waals surface area contributed by atoms with Crippen molar-refractivity contribution in [2.45, 2.75) is 17.4 Å². The summed E-state index contributed by atoms with van der Waals surface area (Å²) in [5.41, 5.74) is 0. The molecule has 1 unspecified atom stereocenters. The Bertz CT molecular complexity index is 798. The van der Waals surface area contributed by atoms with Crippen molar-refractivity contribution >= 4 is 15.8 Å². The minimum absolute atomic E-state index is 0.123. The summed E-state index contributed by atoms with van der Waals surface area (Å²) in [5.74, 6) is 1.10. The van der Waals surface area contributed by atoms with Gasteiger partial charge in [-0.2, -0.15) is 4.31 Å². The maximum absolute atomic E-state index is 12.7. The van der Waals surface area contributed by atoms with Crippen molar-refractivity contribution in [3.05, 3.63) is 42.7 Å². The van der Waals surface area contributed by atoms with Gasteiger partial charge in [-0.15, -0.1) is 0 Å². The topological polar surface area (TPSA) is 75.6 Å². The van der Waals surface area contributed by atoms with Gasteiger partial charge >= 0.3 is 0 Å². The molecular formula is C16H20N4O3S. The predicted molar refractivity (Wildman–Crippen MR) is 90.6 cm³/mol. The Morgan fingerprint density at radius 1 is 1.21 bits per heavy atom. The van der Waals surface area contributed by atoms with Gasteiger partial charge in [-0.25, -0.2) is 18.4 Å². The molecule has 2 aromatic rings. The van der Waals surface area contributed by atoms with Gasteiger partial charge in [0.05, 0.1) is 12.0 Å². The number of likely N-dealkylation sites (N-methyl/N-ethyl adjacent to an activating group) is 1. The van der Waals surface area contributed by atoms with Crippen LogP contribution >= 0.6 is 0 Å². The highest BCUT2D eigenvalue weighted by Gasteiger charge is 2.34. The van der Waals surface area contributed by atoms with E-state index in [4.69, 9.17) is 4.74 Å². The molecule has 0 N–H and O–H groups in total. The zero-order valence-corrected chi connectivity index (χ0v) is 14.5. The van der Waals surface area contributed by atoms with E-state index < -0.39 is 10.0 Å². The second kappa shape index (κ2) is 6.74. The zero-order chi connectivity index (χ0) is 17.2. The Kier molecular flexibility index (Phi) is 4.68. The van der Waals surface area contributed by atoms with Gasteiger partial charge < -0.3 is 9.64 Å². The quantitative estimate of drug-likeness (QED) is 0.813. The van der Waals surface area contributed by atoms with Crippen LogP contribution in [0.25, 0.3) is 0 Å². The third-order valence-corrected chi connectivity index (χ3v) is 6.16.